The summed E-state index contributed by atoms with van der Waals surface area (Å²) < 4.78 is 13.0. The Labute approximate surface area is 152 Å². The van der Waals surface area contributed by atoms with Crippen LogP contribution >= 0.6 is 0 Å². The molecule has 0 spiro atoms. The zero-order valence-electron chi connectivity index (χ0n) is 14.4. The Hall–Kier alpha value is -3.01. The van der Waals surface area contributed by atoms with Gasteiger partial charge in [-0.2, -0.15) is 0 Å². The summed E-state index contributed by atoms with van der Waals surface area (Å²) in [5.74, 6) is -0.533. The summed E-state index contributed by atoms with van der Waals surface area (Å²) in [4.78, 5) is 16.9. The second kappa shape index (κ2) is 8.90. The maximum atomic E-state index is 13.0. The lowest BCUT2D eigenvalue weighted by Crippen LogP contribution is -2.32. The highest BCUT2D eigenvalue weighted by molar-refractivity contribution is 5.84. The fourth-order valence-corrected chi connectivity index (χ4v) is 2.91. The van der Waals surface area contributed by atoms with Crippen molar-refractivity contribution < 1.29 is 9.18 Å². The Bertz CT molecular complexity index is 820. The van der Waals surface area contributed by atoms with Crippen molar-refractivity contribution in [3.05, 3.63) is 102 Å². The molecule has 3 aromatic rings. The monoisotopic (exact) mass is 348 g/mol. The summed E-state index contributed by atoms with van der Waals surface area (Å²) in [5, 5.41) is 3.01. The summed E-state index contributed by atoms with van der Waals surface area (Å²) in [6.45, 7) is 0.515. The van der Waals surface area contributed by atoms with Crippen LogP contribution in [0.25, 0.3) is 0 Å². The Morgan fingerprint density at radius 3 is 2.42 bits per heavy atom. The first-order valence-electron chi connectivity index (χ1n) is 8.68. The van der Waals surface area contributed by atoms with Crippen LogP contribution in [0, 0.1) is 5.82 Å². The number of carbonyl (C=O) groups excluding carboxylic acids is 1. The highest BCUT2D eigenvalue weighted by atomic mass is 19.1. The van der Waals surface area contributed by atoms with Gasteiger partial charge >= 0.3 is 0 Å². The minimum Gasteiger partial charge on any atom is -0.355 e. The van der Waals surface area contributed by atoms with Gasteiger partial charge in [0, 0.05) is 18.9 Å². The average Bonchev–Trinajstić information content (AvgIpc) is 2.69. The Kier molecular flexibility index (Phi) is 6.09. The lowest BCUT2D eigenvalue weighted by molar-refractivity contribution is -0.122. The van der Waals surface area contributed by atoms with Gasteiger partial charge in [-0.25, -0.2) is 4.39 Å². The number of nitrogens with one attached hydrogen (secondary N) is 1. The molecule has 3 nitrogen and oxygen atoms in total. The van der Waals surface area contributed by atoms with E-state index < -0.39 is 0 Å². The van der Waals surface area contributed by atoms with E-state index in [9.17, 15) is 9.18 Å². The van der Waals surface area contributed by atoms with Crippen LogP contribution in [-0.4, -0.2) is 17.4 Å². The number of rotatable bonds is 7. The van der Waals surface area contributed by atoms with E-state index in [0.29, 0.717) is 19.4 Å². The van der Waals surface area contributed by atoms with Crippen LogP contribution in [0.5, 0.6) is 0 Å². The van der Waals surface area contributed by atoms with Gasteiger partial charge in [-0.3, -0.25) is 9.78 Å². The van der Waals surface area contributed by atoms with Crippen molar-refractivity contribution in [2.45, 2.75) is 18.8 Å². The van der Waals surface area contributed by atoms with Crippen molar-refractivity contribution in [2.24, 2.45) is 0 Å². The number of pyridine rings is 1. The first-order chi connectivity index (χ1) is 12.7. The van der Waals surface area contributed by atoms with Crippen LogP contribution in [0.1, 0.15) is 22.6 Å². The van der Waals surface area contributed by atoms with Gasteiger partial charge in [0.1, 0.15) is 5.82 Å². The average molecular weight is 348 g/mol. The number of hydrogen-bond donors (Lipinski definition) is 1. The molecular weight excluding hydrogens is 327 g/mol. The van der Waals surface area contributed by atoms with Crippen LogP contribution < -0.4 is 5.32 Å². The van der Waals surface area contributed by atoms with E-state index in [2.05, 4.69) is 10.3 Å². The van der Waals surface area contributed by atoms with E-state index in [-0.39, 0.29) is 17.6 Å². The zero-order chi connectivity index (χ0) is 18.2. The smallest absolute Gasteiger partial charge is 0.227 e. The highest BCUT2D eigenvalue weighted by Crippen LogP contribution is 2.21. The van der Waals surface area contributed by atoms with Gasteiger partial charge in [-0.15, -0.1) is 0 Å². The summed E-state index contributed by atoms with van der Waals surface area (Å²) in [7, 11) is 0. The minimum atomic E-state index is -0.270. The van der Waals surface area contributed by atoms with Crippen molar-refractivity contribution in [1.29, 1.82) is 0 Å². The number of halogens is 1. The molecule has 0 aliphatic carbocycles. The number of carbonyl (C=O) groups is 1. The molecule has 0 bridgehead atoms. The summed E-state index contributed by atoms with van der Waals surface area (Å²) >= 11 is 0. The molecule has 0 saturated heterocycles. The molecule has 1 unspecified atom stereocenters. The fourth-order valence-electron chi connectivity index (χ4n) is 2.91. The van der Waals surface area contributed by atoms with Crippen molar-refractivity contribution in [3.8, 4) is 0 Å². The Morgan fingerprint density at radius 1 is 0.962 bits per heavy atom. The maximum absolute atomic E-state index is 13.0. The van der Waals surface area contributed by atoms with Crippen LogP contribution in [0.3, 0.4) is 0 Å². The molecule has 4 heteroatoms. The van der Waals surface area contributed by atoms with Gasteiger partial charge in [0.05, 0.1) is 5.92 Å². The molecular formula is C22H21FN2O. The van der Waals surface area contributed by atoms with Crippen molar-refractivity contribution in [3.63, 3.8) is 0 Å². The molecule has 0 aliphatic rings. The molecule has 1 amide bonds. The van der Waals surface area contributed by atoms with Crippen LogP contribution in [0.4, 0.5) is 4.39 Å². The molecule has 1 atom stereocenters. The quantitative estimate of drug-likeness (QED) is 0.703. The Morgan fingerprint density at radius 2 is 1.73 bits per heavy atom. The largest absolute Gasteiger partial charge is 0.355 e. The van der Waals surface area contributed by atoms with E-state index in [1.807, 2.05) is 42.5 Å². The number of nitrogens with zero attached hydrogens (tertiary/aromatic N) is 1. The van der Waals surface area contributed by atoms with Crippen molar-refractivity contribution in [1.82, 2.24) is 10.3 Å². The second-order valence-electron chi connectivity index (χ2n) is 6.20. The number of hydrogen-bond acceptors (Lipinski definition) is 2. The highest BCUT2D eigenvalue weighted by Gasteiger charge is 2.20. The van der Waals surface area contributed by atoms with Gasteiger partial charge in [0.25, 0.3) is 0 Å². The van der Waals surface area contributed by atoms with Crippen LogP contribution in [0.2, 0.25) is 0 Å². The van der Waals surface area contributed by atoms with E-state index in [1.165, 1.54) is 12.1 Å². The maximum Gasteiger partial charge on any atom is 0.227 e. The van der Waals surface area contributed by atoms with Crippen molar-refractivity contribution in [2.75, 3.05) is 6.54 Å². The first-order valence-corrected chi connectivity index (χ1v) is 8.68. The predicted molar refractivity (Wildman–Crippen MR) is 100 cm³/mol. The summed E-state index contributed by atoms with van der Waals surface area (Å²) in [6.07, 6.45) is 4.78. The molecule has 0 fully saturated rings. The molecule has 1 heterocycles. The van der Waals surface area contributed by atoms with Gasteiger partial charge in [0.2, 0.25) is 5.91 Å². The predicted octanol–water partition coefficient (Wildman–Crippen LogP) is 3.91. The molecule has 0 saturated carbocycles. The third-order valence-corrected chi connectivity index (χ3v) is 4.31. The molecule has 0 aliphatic heterocycles. The number of amides is 1. The van der Waals surface area contributed by atoms with Crippen molar-refractivity contribution >= 4 is 5.91 Å². The fraction of sp³-hybridized carbons (Fsp3) is 0.182. The minimum absolute atomic E-state index is 0.0119. The van der Waals surface area contributed by atoms with Gasteiger partial charge < -0.3 is 5.32 Å². The standard InChI is InChI=1S/C22H21FN2O/c23-20-10-8-17(9-11-20)12-14-25-22(26)21(19-6-2-1-3-7-19)15-18-5-4-13-24-16-18/h1-11,13,16,21H,12,14-15H2,(H,25,26). The molecule has 0 radical (unpaired) electrons. The normalized spacial score (nSPS) is 11.7. The lowest BCUT2D eigenvalue weighted by atomic mass is 9.91. The molecule has 1 aromatic heterocycles. The third-order valence-electron chi connectivity index (χ3n) is 4.31. The van der Waals surface area contributed by atoms with E-state index in [1.54, 1.807) is 24.5 Å². The summed E-state index contributed by atoms with van der Waals surface area (Å²) in [6, 6.07) is 20.0. The third kappa shape index (κ3) is 4.99. The number of benzene rings is 2. The van der Waals surface area contributed by atoms with Gasteiger partial charge in [-0.1, -0.05) is 48.5 Å². The molecule has 1 N–H and O–H groups in total. The lowest BCUT2D eigenvalue weighted by Gasteiger charge is -2.17. The van der Waals surface area contributed by atoms with Gasteiger partial charge in [-0.05, 0) is 47.7 Å². The molecule has 132 valence electrons. The van der Waals surface area contributed by atoms with Gasteiger partial charge in [0.15, 0.2) is 0 Å². The van der Waals surface area contributed by atoms with E-state index >= 15 is 0 Å². The zero-order valence-corrected chi connectivity index (χ0v) is 14.4. The van der Waals surface area contributed by atoms with Crippen LogP contribution in [0.15, 0.2) is 79.1 Å². The molecule has 26 heavy (non-hydrogen) atoms. The topological polar surface area (TPSA) is 42.0 Å². The van der Waals surface area contributed by atoms with E-state index in [0.717, 1.165) is 16.7 Å². The first kappa shape index (κ1) is 17.8. The second-order valence-corrected chi connectivity index (χ2v) is 6.20. The SMILES string of the molecule is O=C(NCCc1ccc(F)cc1)C(Cc1cccnc1)c1ccccc1. The molecule has 3 rings (SSSR count). The van der Waals surface area contributed by atoms with E-state index in [4.69, 9.17) is 0 Å². The number of aromatic nitrogens is 1. The summed E-state index contributed by atoms with van der Waals surface area (Å²) in [5.41, 5.74) is 3.00. The van der Waals surface area contributed by atoms with Crippen LogP contribution in [-0.2, 0) is 17.6 Å². The Balaban J connectivity index is 1.65. The molecule has 2 aromatic carbocycles.